The monoisotopic (exact) mass is 324 g/mol. The summed E-state index contributed by atoms with van der Waals surface area (Å²) in [6.07, 6.45) is 0.789. The Morgan fingerprint density at radius 1 is 1.12 bits per heavy atom. The van der Waals surface area contributed by atoms with Crippen molar-refractivity contribution in [2.45, 2.75) is 32.4 Å². The smallest absolute Gasteiger partial charge is 0.335 e. The number of anilines is 2. The summed E-state index contributed by atoms with van der Waals surface area (Å²) in [7, 11) is 0. The third kappa shape index (κ3) is 2.97. The Bertz CT molecular complexity index is 770. The van der Waals surface area contributed by atoms with Gasteiger partial charge in [0, 0.05) is 24.3 Å². The van der Waals surface area contributed by atoms with Crippen LogP contribution in [0, 0.1) is 0 Å². The number of benzene rings is 2. The maximum atomic E-state index is 12.0. The van der Waals surface area contributed by atoms with Gasteiger partial charge in [0.2, 0.25) is 5.91 Å². The van der Waals surface area contributed by atoms with Gasteiger partial charge < -0.3 is 15.3 Å². The van der Waals surface area contributed by atoms with E-state index < -0.39 is 5.97 Å². The zero-order valence-corrected chi connectivity index (χ0v) is 13.7. The number of carboxylic acid groups (broad SMARTS) is 1. The number of carbonyl (C=O) groups is 2. The van der Waals surface area contributed by atoms with Gasteiger partial charge in [0.25, 0.3) is 0 Å². The van der Waals surface area contributed by atoms with Crippen LogP contribution in [0.5, 0.6) is 0 Å². The van der Waals surface area contributed by atoms with Crippen molar-refractivity contribution in [1.82, 2.24) is 0 Å². The molecule has 1 aliphatic heterocycles. The molecule has 3 rings (SSSR count). The second-order valence-electron chi connectivity index (χ2n) is 6.11. The fraction of sp³-hybridized carbons (Fsp3) is 0.263. The van der Waals surface area contributed by atoms with Crippen molar-refractivity contribution in [3.8, 4) is 0 Å². The highest BCUT2D eigenvalue weighted by atomic mass is 16.4. The molecule has 0 radical (unpaired) electrons. The van der Waals surface area contributed by atoms with Gasteiger partial charge in [-0.05, 0) is 49.2 Å². The molecule has 2 aromatic rings. The van der Waals surface area contributed by atoms with Crippen LogP contribution >= 0.6 is 0 Å². The summed E-state index contributed by atoms with van der Waals surface area (Å²) in [6.45, 7) is 3.63. The lowest BCUT2D eigenvalue weighted by Gasteiger charge is -2.39. The molecule has 0 saturated heterocycles. The molecule has 0 bridgehead atoms. The molecule has 124 valence electrons. The van der Waals surface area contributed by atoms with Gasteiger partial charge in [-0.3, -0.25) is 4.79 Å². The predicted octanol–water partition coefficient (Wildman–Crippen LogP) is 3.68. The molecular weight excluding hydrogens is 304 g/mol. The van der Waals surface area contributed by atoms with E-state index in [0.29, 0.717) is 0 Å². The van der Waals surface area contributed by atoms with Crippen molar-refractivity contribution in [3.05, 3.63) is 59.7 Å². The van der Waals surface area contributed by atoms with E-state index in [2.05, 4.69) is 5.32 Å². The minimum atomic E-state index is -0.935. The van der Waals surface area contributed by atoms with Crippen LogP contribution in [0.2, 0.25) is 0 Å². The molecule has 2 unspecified atom stereocenters. The maximum absolute atomic E-state index is 12.0. The van der Waals surface area contributed by atoms with Crippen molar-refractivity contribution >= 4 is 23.3 Å². The van der Waals surface area contributed by atoms with E-state index in [1.54, 1.807) is 31.2 Å². The number of nitrogens with one attached hydrogen (secondary N) is 1. The summed E-state index contributed by atoms with van der Waals surface area (Å²) in [5.41, 5.74) is 3.14. The summed E-state index contributed by atoms with van der Waals surface area (Å²) in [5, 5.41) is 12.4. The van der Waals surface area contributed by atoms with E-state index >= 15 is 0 Å². The molecular formula is C19H20N2O3. The number of rotatable bonds is 3. The molecule has 1 aliphatic rings. The van der Waals surface area contributed by atoms with Crippen molar-refractivity contribution in [2.75, 3.05) is 10.2 Å². The number of hydrogen-bond acceptors (Lipinski definition) is 3. The molecule has 2 N–H and O–H groups in total. The van der Waals surface area contributed by atoms with Gasteiger partial charge in [0.1, 0.15) is 0 Å². The molecule has 0 aromatic heterocycles. The average molecular weight is 324 g/mol. The van der Waals surface area contributed by atoms with E-state index in [0.717, 1.165) is 23.4 Å². The molecule has 0 aliphatic carbocycles. The Balaban J connectivity index is 1.90. The first-order valence-electron chi connectivity index (χ1n) is 7.96. The molecule has 24 heavy (non-hydrogen) atoms. The second-order valence-corrected chi connectivity index (χ2v) is 6.11. The van der Waals surface area contributed by atoms with Crippen LogP contribution in [0.3, 0.4) is 0 Å². The van der Waals surface area contributed by atoms with Crippen molar-refractivity contribution in [3.63, 3.8) is 0 Å². The largest absolute Gasteiger partial charge is 0.478 e. The van der Waals surface area contributed by atoms with Gasteiger partial charge in [-0.25, -0.2) is 4.79 Å². The molecule has 0 saturated carbocycles. The van der Waals surface area contributed by atoms with Crippen LogP contribution in [0.1, 0.15) is 42.2 Å². The summed E-state index contributed by atoms with van der Waals surface area (Å²) >= 11 is 0. The van der Waals surface area contributed by atoms with Crippen LogP contribution in [-0.2, 0) is 4.79 Å². The van der Waals surface area contributed by atoms with Crippen LogP contribution in [-0.4, -0.2) is 23.0 Å². The number of para-hydroxylation sites is 1. The van der Waals surface area contributed by atoms with Crippen LogP contribution in [0.4, 0.5) is 11.4 Å². The molecule has 0 spiro atoms. The Hall–Kier alpha value is -2.82. The van der Waals surface area contributed by atoms with E-state index in [1.807, 2.05) is 36.1 Å². The van der Waals surface area contributed by atoms with E-state index in [4.69, 9.17) is 5.11 Å². The molecule has 2 atom stereocenters. The Morgan fingerprint density at radius 2 is 1.79 bits per heavy atom. The Kier molecular flexibility index (Phi) is 4.25. The van der Waals surface area contributed by atoms with E-state index in [-0.39, 0.29) is 23.6 Å². The van der Waals surface area contributed by atoms with E-state index in [9.17, 15) is 9.59 Å². The zero-order valence-electron chi connectivity index (χ0n) is 13.7. The first kappa shape index (κ1) is 16.1. The lowest BCUT2D eigenvalue weighted by Crippen LogP contribution is -2.43. The number of carboxylic acids is 1. The first-order valence-corrected chi connectivity index (χ1v) is 7.96. The van der Waals surface area contributed by atoms with Crippen molar-refractivity contribution in [2.24, 2.45) is 0 Å². The van der Waals surface area contributed by atoms with Crippen LogP contribution in [0.15, 0.2) is 48.5 Å². The maximum Gasteiger partial charge on any atom is 0.335 e. The third-order valence-electron chi connectivity index (χ3n) is 4.40. The lowest BCUT2D eigenvalue weighted by molar-refractivity contribution is -0.117. The average Bonchev–Trinajstić information content (AvgIpc) is 2.55. The minimum Gasteiger partial charge on any atom is -0.478 e. The number of amides is 1. The van der Waals surface area contributed by atoms with Gasteiger partial charge in [0.15, 0.2) is 0 Å². The standard InChI is InChI=1S/C19H20N2O3/c1-12-11-17(20-15-9-7-14(8-10-15)19(23)24)16-5-3-4-6-18(16)21(12)13(2)22/h3-10,12,17,20H,11H2,1-2H3,(H,23,24). The molecule has 0 fully saturated rings. The molecule has 5 heteroatoms. The molecule has 1 amide bonds. The fourth-order valence-corrected chi connectivity index (χ4v) is 3.34. The summed E-state index contributed by atoms with van der Waals surface area (Å²) in [4.78, 5) is 24.8. The molecule has 5 nitrogen and oxygen atoms in total. The quantitative estimate of drug-likeness (QED) is 0.903. The normalized spacial score (nSPS) is 19.5. The number of carbonyl (C=O) groups excluding carboxylic acids is 1. The zero-order chi connectivity index (χ0) is 17.3. The van der Waals surface area contributed by atoms with Crippen LogP contribution in [0.25, 0.3) is 0 Å². The molecule has 1 heterocycles. The highest BCUT2D eigenvalue weighted by Gasteiger charge is 2.31. The first-order chi connectivity index (χ1) is 11.5. The summed E-state index contributed by atoms with van der Waals surface area (Å²) in [5.74, 6) is -0.894. The van der Waals surface area contributed by atoms with Crippen molar-refractivity contribution < 1.29 is 14.7 Å². The number of aromatic carboxylic acids is 1. The van der Waals surface area contributed by atoms with E-state index in [1.165, 1.54) is 0 Å². The Labute approximate surface area is 140 Å². The third-order valence-corrected chi connectivity index (χ3v) is 4.40. The SMILES string of the molecule is CC(=O)N1c2ccccc2C(Nc2ccc(C(=O)O)cc2)CC1C. The van der Waals surface area contributed by atoms with Gasteiger partial charge >= 0.3 is 5.97 Å². The number of fused-ring (bicyclic) bond motifs is 1. The van der Waals surface area contributed by atoms with Gasteiger partial charge in [-0.2, -0.15) is 0 Å². The molecule has 2 aromatic carbocycles. The fourth-order valence-electron chi connectivity index (χ4n) is 3.34. The summed E-state index contributed by atoms with van der Waals surface area (Å²) in [6, 6.07) is 14.8. The number of nitrogens with zero attached hydrogens (tertiary/aromatic N) is 1. The minimum absolute atomic E-state index is 0.0409. The lowest BCUT2D eigenvalue weighted by atomic mass is 9.91. The highest BCUT2D eigenvalue weighted by Crippen LogP contribution is 2.38. The van der Waals surface area contributed by atoms with Gasteiger partial charge in [-0.15, -0.1) is 0 Å². The number of hydrogen-bond donors (Lipinski definition) is 2. The van der Waals surface area contributed by atoms with Gasteiger partial charge in [-0.1, -0.05) is 18.2 Å². The Morgan fingerprint density at radius 3 is 2.42 bits per heavy atom. The highest BCUT2D eigenvalue weighted by molar-refractivity contribution is 5.93. The predicted molar refractivity (Wildman–Crippen MR) is 93.4 cm³/mol. The van der Waals surface area contributed by atoms with Crippen LogP contribution < -0.4 is 10.2 Å². The topological polar surface area (TPSA) is 69.6 Å². The van der Waals surface area contributed by atoms with Crippen molar-refractivity contribution in [1.29, 1.82) is 0 Å². The summed E-state index contributed by atoms with van der Waals surface area (Å²) < 4.78 is 0. The van der Waals surface area contributed by atoms with Gasteiger partial charge in [0.05, 0.1) is 11.6 Å². The second kappa shape index (κ2) is 6.35.